The van der Waals surface area contributed by atoms with Crippen LogP contribution in [0.3, 0.4) is 0 Å². The minimum absolute atomic E-state index is 0.299. The van der Waals surface area contributed by atoms with Crippen molar-refractivity contribution in [1.29, 1.82) is 0 Å². The van der Waals surface area contributed by atoms with E-state index in [2.05, 4.69) is 43.3 Å². The zero-order chi connectivity index (χ0) is 20.9. The Labute approximate surface area is 178 Å². The molecule has 0 aliphatic heterocycles. The van der Waals surface area contributed by atoms with Crippen LogP contribution < -0.4 is 15.9 Å². The van der Waals surface area contributed by atoms with Crippen LogP contribution in [-0.4, -0.2) is 12.1 Å². The Kier molecular flexibility index (Phi) is 5.53. The normalized spacial score (nSPS) is 12.5. The Bertz CT molecular complexity index is 1010. The molecule has 0 fully saturated rings. The first kappa shape index (κ1) is 20.1. The summed E-state index contributed by atoms with van der Waals surface area (Å²) in [5, 5.41) is 3.15. The molecule has 0 saturated carbocycles. The molecule has 4 rings (SSSR count). The van der Waals surface area contributed by atoms with Crippen molar-refractivity contribution in [1.82, 2.24) is 0 Å². The van der Waals surface area contributed by atoms with Crippen LogP contribution >= 0.6 is 6.83 Å². The average molecular weight is 412 g/mol. The van der Waals surface area contributed by atoms with Crippen LogP contribution in [0.4, 0.5) is 0 Å². The number of carbonyl (C=O) groups is 1. The molecular weight excluding hydrogens is 387 g/mol. The molecule has 0 spiro atoms. The molecule has 0 heterocycles. The molecule has 0 aliphatic rings. The van der Waals surface area contributed by atoms with Crippen molar-refractivity contribution < 1.29 is 9.32 Å². The fourth-order valence-corrected chi connectivity index (χ4v) is 9.57. The zero-order valence-electron chi connectivity index (χ0n) is 17.0. The first-order valence-corrected chi connectivity index (χ1v) is 12.5. The molecule has 150 valence electrons. The van der Waals surface area contributed by atoms with Crippen LogP contribution in [0.15, 0.2) is 121 Å². The number of hydrogen-bond acceptors (Lipinski definition) is 2. The van der Waals surface area contributed by atoms with Crippen LogP contribution in [0.25, 0.3) is 0 Å². The van der Waals surface area contributed by atoms with E-state index in [9.17, 15) is 4.79 Å². The van der Waals surface area contributed by atoms with Gasteiger partial charge in [0, 0.05) is 0 Å². The summed E-state index contributed by atoms with van der Waals surface area (Å²) < 4.78 is 6.81. The summed E-state index contributed by atoms with van der Waals surface area (Å²) in [6.07, 6.45) is 0.669. The van der Waals surface area contributed by atoms with Gasteiger partial charge in [-0.1, -0.05) is 0 Å². The summed E-state index contributed by atoms with van der Waals surface area (Å²) in [4.78, 5) is 13.6. The van der Waals surface area contributed by atoms with Crippen molar-refractivity contribution in [2.45, 2.75) is 6.92 Å². The zero-order valence-corrected chi connectivity index (χ0v) is 17.9. The molecule has 4 aromatic carbocycles. The summed E-state index contributed by atoms with van der Waals surface area (Å²) >= 11 is 0. The van der Waals surface area contributed by atoms with Crippen LogP contribution in [0.1, 0.15) is 17.3 Å². The molecule has 3 heteroatoms. The summed E-state index contributed by atoms with van der Waals surface area (Å²) in [6.45, 7) is -1.43. The number of carbonyl (C=O) groups excluding carboxylic acids is 1. The van der Waals surface area contributed by atoms with Gasteiger partial charge in [-0.2, -0.15) is 0 Å². The van der Waals surface area contributed by atoms with Gasteiger partial charge in [-0.15, -0.1) is 0 Å². The maximum atomic E-state index is 13.6. The summed E-state index contributed by atoms with van der Waals surface area (Å²) in [6, 6.07) is 40.0. The second kappa shape index (κ2) is 8.26. The van der Waals surface area contributed by atoms with E-state index in [1.807, 2.05) is 84.9 Å². The van der Waals surface area contributed by atoms with Gasteiger partial charge in [-0.05, 0) is 0 Å². The number of benzene rings is 4. The first-order valence-electron chi connectivity index (χ1n) is 10.2. The van der Waals surface area contributed by atoms with Crippen LogP contribution in [-0.2, 0) is 4.52 Å². The van der Waals surface area contributed by atoms with Crippen molar-refractivity contribution in [3.05, 3.63) is 127 Å². The second-order valence-corrected chi connectivity index (χ2v) is 12.1. The maximum absolute atomic E-state index is 13.6. The van der Waals surface area contributed by atoms with E-state index in [1.54, 1.807) is 0 Å². The molecule has 30 heavy (non-hydrogen) atoms. The van der Waals surface area contributed by atoms with E-state index in [4.69, 9.17) is 4.52 Å². The SMILES string of the molecule is CCP(OC(=O)c1ccccc1)(c1ccccc1)(c1ccccc1)c1ccccc1. The molecule has 0 N–H and O–H groups in total. The molecular formula is C27H25O2P. The summed E-state index contributed by atoms with van der Waals surface area (Å²) in [5.74, 6) is -0.299. The molecule has 0 aromatic heterocycles. The third kappa shape index (κ3) is 3.14. The average Bonchev–Trinajstić information content (AvgIpc) is 2.85. The topological polar surface area (TPSA) is 26.3 Å². The van der Waals surface area contributed by atoms with Crippen molar-refractivity contribution >= 4 is 28.7 Å². The molecule has 0 radical (unpaired) electrons. The van der Waals surface area contributed by atoms with E-state index in [0.29, 0.717) is 11.7 Å². The molecule has 0 atom stereocenters. The monoisotopic (exact) mass is 412 g/mol. The summed E-state index contributed by atoms with van der Waals surface area (Å²) in [5.41, 5.74) is 0.558. The van der Waals surface area contributed by atoms with Crippen molar-refractivity contribution in [3.8, 4) is 0 Å². The molecule has 0 saturated heterocycles. The van der Waals surface area contributed by atoms with Crippen molar-refractivity contribution in [2.75, 3.05) is 6.16 Å². The first-order chi connectivity index (χ1) is 14.7. The fraction of sp³-hybridized carbons (Fsp3) is 0.0741. The number of rotatable bonds is 6. The predicted octanol–water partition coefficient (Wildman–Crippen LogP) is 5.31. The van der Waals surface area contributed by atoms with E-state index in [-0.39, 0.29) is 5.97 Å². The van der Waals surface area contributed by atoms with Crippen LogP contribution in [0.5, 0.6) is 0 Å². The molecule has 0 bridgehead atoms. The van der Waals surface area contributed by atoms with Gasteiger partial charge in [-0.3, -0.25) is 0 Å². The Morgan fingerprint density at radius 1 is 0.600 bits per heavy atom. The Morgan fingerprint density at radius 2 is 0.933 bits per heavy atom. The standard InChI is InChI=1S/C27H25O2P/c1-2-30(24-17-9-4-10-18-24,25-19-11-5-12-20-25,26-21-13-6-14-22-26)29-27(28)23-15-7-3-8-16-23/h3-22H,2H2,1H3. The van der Waals surface area contributed by atoms with Gasteiger partial charge in [0.05, 0.1) is 0 Å². The third-order valence-corrected chi connectivity index (χ3v) is 11.8. The van der Waals surface area contributed by atoms with Gasteiger partial charge in [0.1, 0.15) is 0 Å². The van der Waals surface area contributed by atoms with Crippen molar-refractivity contribution in [3.63, 3.8) is 0 Å². The van der Waals surface area contributed by atoms with E-state index >= 15 is 0 Å². The van der Waals surface area contributed by atoms with E-state index in [1.165, 1.54) is 0 Å². The molecule has 0 aliphatic carbocycles. The predicted molar refractivity (Wildman–Crippen MR) is 128 cm³/mol. The fourth-order valence-electron chi connectivity index (χ4n) is 4.26. The van der Waals surface area contributed by atoms with Gasteiger partial charge >= 0.3 is 178 Å². The van der Waals surface area contributed by atoms with Gasteiger partial charge in [0.2, 0.25) is 0 Å². The third-order valence-electron chi connectivity index (χ3n) is 5.80. The Hall–Kier alpha value is -3.22. The minimum atomic E-state index is -3.56. The Morgan fingerprint density at radius 3 is 1.27 bits per heavy atom. The molecule has 4 aromatic rings. The second-order valence-electron chi connectivity index (χ2n) is 7.28. The molecule has 0 unspecified atom stereocenters. The van der Waals surface area contributed by atoms with Gasteiger partial charge < -0.3 is 0 Å². The number of hydrogen-bond donors (Lipinski definition) is 0. The van der Waals surface area contributed by atoms with E-state index in [0.717, 1.165) is 15.9 Å². The molecule has 0 amide bonds. The van der Waals surface area contributed by atoms with Crippen LogP contribution in [0, 0.1) is 0 Å². The quantitative estimate of drug-likeness (QED) is 0.401. The van der Waals surface area contributed by atoms with Crippen molar-refractivity contribution in [2.24, 2.45) is 0 Å². The molecule has 2 nitrogen and oxygen atoms in total. The summed E-state index contributed by atoms with van der Waals surface area (Å²) in [7, 11) is 0. The Balaban J connectivity index is 2.08. The van der Waals surface area contributed by atoms with Gasteiger partial charge in [0.15, 0.2) is 0 Å². The van der Waals surface area contributed by atoms with Gasteiger partial charge in [-0.25, -0.2) is 0 Å². The van der Waals surface area contributed by atoms with Gasteiger partial charge in [0.25, 0.3) is 0 Å². The van der Waals surface area contributed by atoms with E-state index < -0.39 is 6.83 Å². The van der Waals surface area contributed by atoms with Crippen LogP contribution in [0.2, 0.25) is 0 Å².